The number of nitrogens with zero attached hydrogens (tertiary/aromatic N) is 5. The number of para-hydroxylation sites is 6. The summed E-state index contributed by atoms with van der Waals surface area (Å²) in [5.41, 5.74) is 11.6. The van der Waals surface area contributed by atoms with E-state index >= 15 is 0 Å². The van der Waals surface area contributed by atoms with Crippen LogP contribution >= 0.6 is 0 Å². The van der Waals surface area contributed by atoms with E-state index in [4.69, 9.17) is 9.97 Å². The van der Waals surface area contributed by atoms with E-state index in [0.29, 0.717) is 0 Å². The zero-order valence-electron chi connectivity index (χ0n) is 26.5. The molecule has 0 N–H and O–H groups in total. The molecule has 5 nitrogen and oxygen atoms in total. The molecule has 0 fully saturated rings. The molecule has 0 aliphatic carbocycles. The first kappa shape index (κ1) is 27.4. The molecule has 0 spiro atoms. The normalized spacial score (nSPS) is 11.7. The Hall–Kier alpha value is -6.72. The van der Waals surface area contributed by atoms with E-state index in [1.165, 1.54) is 10.8 Å². The van der Waals surface area contributed by atoms with Gasteiger partial charge in [0, 0.05) is 33.2 Å². The maximum absolute atomic E-state index is 5.34. The minimum atomic E-state index is 0.822. The van der Waals surface area contributed by atoms with Gasteiger partial charge in [0.2, 0.25) is 5.95 Å². The lowest BCUT2D eigenvalue weighted by molar-refractivity contribution is 0.979. The van der Waals surface area contributed by atoms with Crippen molar-refractivity contribution in [2.75, 3.05) is 4.90 Å². The highest BCUT2D eigenvalue weighted by atomic mass is 15.2. The lowest BCUT2D eigenvalue weighted by Crippen LogP contribution is -2.09. The molecule has 7 aromatic carbocycles. The molecule has 0 amide bonds. The Kier molecular flexibility index (Phi) is 6.11. The fourth-order valence-corrected chi connectivity index (χ4v) is 7.25. The largest absolute Gasteiger partial charge is 0.311 e. The summed E-state index contributed by atoms with van der Waals surface area (Å²) in [6.45, 7) is 0. The van der Waals surface area contributed by atoms with E-state index in [1.54, 1.807) is 0 Å². The number of hydrogen-bond donors (Lipinski definition) is 0. The average Bonchev–Trinajstić information content (AvgIpc) is 3.72. The molecule has 5 heteroatoms. The molecule has 0 bridgehead atoms. The third-order valence-corrected chi connectivity index (χ3v) is 9.49. The van der Waals surface area contributed by atoms with Gasteiger partial charge in [0.25, 0.3) is 0 Å². The minimum Gasteiger partial charge on any atom is -0.311 e. The summed E-state index contributed by atoms with van der Waals surface area (Å²) in [7, 11) is 0. The number of benzene rings is 7. The van der Waals surface area contributed by atoms with Crippen LogP contribution in [-0.4, -0.2) is 18.9 Å². The Morgan fingerprint density at radius 3 is 1.67 bits per heavy atom. The van der Waals surface area contributed by atoms with E-state index in [9.17, 15) is 0 Å². The molecule has 230 valence electrons. The van der Waals surface area contributed by atoms with Crippen molar-refractivity contribution in [1.29, 1.82) is 0 Å². The smallest absolute Gasteiger partial charge is 0.221 e. The molecule has 0 radical (unpaired) electrons. The number of fused-ring (bicyclic) bond motifs is 8. The molecule has 10 rings (SSSR count). The number of aromatic nitrogens is 4. The molecule has 10 aromatic rings. The Bertz CT molecular complexity index is 2780. The Balaban J connectivity index is 1.18. The fourth-order valence-electron chi connectivity index (χ4n) is 7.25. The summed E-state index contributed by atoms with van der Waals surface area (Å²) in [5, 5.41) is 3.40. The molecule has 0 aliphatic heterocycles. The van der Waals surface area contributed by atoms with E-state index in [-0.39, 0.29) is 0 Å². The van der Waals surface area contributed by atoms with Gasteiger partial charge < -0.3 is 4.90 Å². The predicted molar refractivity (Wildman–Crippen MR) is 202 cm³/mol. The fraction of sp³-hybridized carbons (Fsp3) is 0. The van der Waals surface area contributed by atoms with Gasteiger partial charge in [-0.15, -0.1) is 0 Å². The van der Waals surface area contributed by atoms with E-state index in [1.807, 2.05) is 12.1 Å². The molecule has 49 heavy (non-hydrogen) atoms. The van der Waals surface area contributed by atoms with Gasteiger partial charge in [0.1, 0.15) is 5.65 Å². The number of rotatable bonds is 5. The molecule has 0 saturated carbocycles. The van der Waals surface area contributed by atoms with Crippen LogP contribution in [0.15, 0.2) is 176 Å². The monoisotopic (exact) mass is 627 g/mol. The second-order valence-electron chi connectivity index (χ2n) is 12.3. The molecular formula is C44H29N5. The summed E-state index contributed by atoms with van der Waals surface area (Å²) < 4.78 is 4.52. The van der Waals surface area contributed by atoms with Gasteiger partial charge in [0.05, 0.1) is 27.6 Å². The van der Waals surface area contributed by atoms with Crippen molar-refractivity contribution >= 4 is 66.5 Å². The summed E-state index contributed by atoms with van der Waals surface area (Å²) in [6, 6.07) is 61.9. The van der Waals surface area contributed by atoms with Gasteiger partial charge in [-0.2, -0.15) is 0 Å². The summed E-state index contributed by atoms with van der Waals surface area (Å²) in [4.78, 5) is 12.7. The standard InChI is InChI=1S/C44H29N5/c1-3-13-32(14-4-1)47(33-15-5-2-6-16-33)34-26-23-30(24-27-34)31-25-28-36-35-17-8-11-21-40(35)48(42(36)29-31)44-46-38-19-9-7-18-37(38)43-45-39-20-10-12-22-41(39)49(43)44/h1-29H. The molecule has 3 aromatic heterocycles. The van der Waals surface area contributed by atoms with E-state index < -0.39 is 0 Å². The lowest BCUT2D eigenvalue weighted by atomic mass is 10.0. The molecule has 3 heterocycles. The number of imidazole rings is 1. The first-order chi connectivity index (χ1) is 24.3. The van der Waals surface area contributed by atoms with Crippen molar-refractivity contribution in [1.82, 2.24) is 18.9 Å². The molecule has 0 unspecified atom stereocenters. The van der Waals surface area contributed by atoms with Crippen molar-refractivity contribution in [3.63, 3.8) is 0 Å². The number of anilines is 3. The number of hydrogen-bond acceptors (Lipinski definition) is 3. The van der Waals surface area contributed by atoms with Gasteiger partial charge in [-0.25, -0.2) is 9.97 Å². The highest BCUT2D eigenvalue weighted by molar-refractivity contribution is 6.10. The molecule has 0 atom stereocenters. The van der Waals surface area contributed by atoms with Crippen molar-refractivity contribution in [3.05, 3.63) is 176 Å². The highest BCUT2D eigenvalue weighted by Gasteiger charge is 2.20. The van der Waals surface area contributed by atoms with Gasteiger partial charge in [-0.3, -0.25) is 8.97 Å². The van der Waals surface area contributed by atoms with Gasteiger partial charge >= 0.3 is 0 Å². The second kappa shape index (κ2) is 10.9. The summed E-state index contributed by atoms with van der Waals surface area (Å²) in [5.74, 6) is 0.822. The first-order valence-electron chi connectivity index (χ1n) is 16.5. The topological polar surface area (TPSA) is 38.4 Å². The van der Waals surface area contributed by atoms with Crippen molar-refractivity contribution in [2.24, 2.45) is 0 Å². The van der Waals surface area contributed by atoms with Crippen LogP contribution in [0.2, 0.25) is 0 Å². The maximum Gasteiger partial charge on any atom is 0.221 e. The van der Waals surface area contributed by atoms with Crippen molar-refractivity contribution < 1.29 is 0 Å². The van der Waals surface area contributed by atoms with E-state index in [0.717, 1.165) is 72.8 Å². The predicted octanol–water partition coefficient (Wildman–Crippen LogP) is 11.3. The van der Waals surface area contributed by atoms with Gasteiger partial charge in [-0.05, 0) is 83.9 Å². The third kappa shape index (κ3) is 4.33. The van der Waals surface area contributed by atoms with Crippen LogP contribution in [0, 0.1) is 0 Å². The average molecular weight is 628 g/mol. The van der Waals surface area contributed by atoms with Crippen molar-refractivity contribution in [2.45, 2.75) is 0 Å². The SMILES string of the molecule is c1ccc(N(c2ccccc2)c2ccc(-c3ccc4c5ccccc5n(-c5nc6ccccc6c6nc7ccccc7n56)c4c3)cc2)cc1. The highest BCUT2D eigenvalue weighted by Crippen LogP contribution is 2.38. The lowest BCUT2D eigenvalue weighted by Gasteiger charge is -2.25. The Morgan fingerprint density at radius 1 is 0.388 bits per heavy atom. The molecular weight excluding hydrogens is 599 g/mol. The summed E-state index contributed by atoms with van der Waals surface area (Å²) in [6.07, 6.45) is 0. The molecule has 0 aliphatic rings. The Morgan fingerprint density at radius 2 is 0.939 bits per heavy atom. The van der Waals surface area contributed by atoms with Crippen LogP contribution < -0.4 is 4.90 Å². The second-order valence-corrected chi connectivity index (χ2v) is 12.3. The van der Waals surface area contributed by atoms with E-state index in [2.05, 4.69) is 178 Å². The van der Waals surface area contributed by atoms with Crippen molar-refractivity contribution in [3.8, 4) is 17.1 Å². The van der Waals surface area contributed by atoms with Crippen LogP contribution in [0.3, 0.4) is 0 Å². The van der Waals surface area contributed by atoms with Gasteiger partial charge in [0.15, 0.2) is 0 Å². The maximum atomic E-state index is 5.34. The Labute approximate surface area is 282 Å². The third-order valence-electron chi connectivity index (χ3n) is 9.49. The van der Waals surface area contributed by atoms with Crippen LogP contribution in [0.4, 0.5) is 17.1 Å². The van der Waals surface area contributed by atoms with Crippen LogP contribution in [-0.2, 0) is 0 Å². The quantitative estimate of drug-likeness (QED) is 0.191. The zero-order chi connectivity index (χ0) is 32.3. The van der Waals surface area contributed by atoms with Crippen LogP contribution in [0.25, 0.3) is 66.5 Å². The summed E-state index contributed by atoms with van der Waals surface area (Å²) >= 11 is 0. The van der Waals surface area contributed by atoms with Crippen LogP contribution in [0.1, 0.15) is 0 Å². The zero-order valence-corrected chi connectivity index (χ0v) is 26.5. The molecule has 0 saturated heterocycles. The first-order valence-corrected chi connectivity index (χ1v) is 16.5. The van der Waals surface area contributed by atoms with Crippen LogP contribution in [0.5, 0.6) is 0 Å². The van der Waals surface area contributed by atoms with Gasteiger partial charge in [-0.1, -0.05) is 103 Å². The minimum absolute atomic E-state index is 0.822.